The molecule has 1 atom stereocenters. The summed E-state index contributed by atoms with van der Waals surface area (Å²) >= 11 is 0. The molecule has 0 amide bonds. The van der Waals surface area contributed by atoms with Gasteiger partial charge in [-0.25, -0.2) is 13.1 Å². The molecule has 1 aromatic carbocycles. The Bertz CT molecular complexity index is 544. The molecule has 0 heterocycles. The van der Waals surface area contributed by atoms with Crippen LogP contribution in [0.25, 0.3) is 0 Å². The molecule has 5 nitrogen and oxygen atoms in total. The Labute approximate surface area is 128 Å². The van der Waals surface area contributed by atoms with Gasteiger partial charge in [0.2, 0.25) is 10.0 Å². The van der Waals surface area contributed by atoms with Gasteiger partial charge in [-0.15, -0.1) is 0 Å². The van der Waals surface area contributed by atoms with Crippen molar-refractivity contribution in [3.8, 4) is 5.75 Å². The van der Waals surface area contributed by atoms with Crippen LogP contribution in [0, 0.1) is 0 Å². The first-order valence-corrected chi connectivity index (χ1v) is 8.80. The van der Waals surface area contributed by atoms with E-state index in [1.807, 2.05) is 20.9 Å². The predicted molar refractivity (Wildman–Crippen MR) is 85.1 cm³/mol. The first-order chi connectivity index (χ1) is 9.98. The molecule has 0 aliphatic carbocycles. The lowest BCUT2D eigenvalue weighted by Gasteiger charge is -2.18. The number of benzene rings is 1. The molecule has 6 heteroatoms. The standard InChI is InChI=1S/C15H26N2O3S/c1-5-7-13(6-2)17-21(18,19)15-9-8-12(11-16-3)10-14(15)20-4/h8-10,13,16-17H,5-7,11H2,1-4H3. The van der Waals surface area contributed by atoms with E-state index in [0.717, 1.165) is 24.8 Å². The quantitative estimate of drug-likeness (QED) is 0.734. The second kappa shape index (κ2) is 8.36. The minimum absolute atomic E-state index is 0.0401. The SMILES string of the molecule is CCCC(CC)NS(=O)(=O)c1ccc(CNC)cc1OC. The van der Waals surface area contributed by atoms with Crippen molar-refractivity contribution in [1.82, 2.24) is 10.0 Å². The number of hydrogen-bond donors (Lipinski definition) is 2. The summed E-state index contributed by atoms with van der Waals surface area (Å²) < 4.78 is 33.0. The average molecular weight is 314 g/mol. The van der Waals surface area contributed by atoms with Gasteiger partial charge in [0.1, 0.15) is 10.6 Å². The van der Waals surface area contributed by atoms with E-state index in [9.17, 15) is 8.42 Å². The summed E-state index contributed by atoms with van der Waals surface area (Å²) in [5, 5.41) is 3.03. The largest absolute Gasteiger partial charge is 0.495 e. The van der Waals surface area contributed by atoms with Crippen LogP contribution in [0.3, 0.4) is 0 Å². The van der Waals surface area contributed by atoms with E-state index in [1.54, 1.807) is 18.2 Å². The van der Waals surface area contributed by atoms with Crippen LogP contribution in [-0.4, -0.2) is 28.6 Å². The van der Waals surface area contributed by atoms with Crippen LogP contribution in [0.5, 0.6) is 5.75 Å². The van der Waals surface area contributed by atoms with Crippen LogP contribution in [0.4, 0.5) is 0 Å². The van der Waals surface area contributed by atoms with Crippen molar-refractivity contribution in [1.29, 1.82) is 0 Å². The second-order valence-electron chi connectivity index (χ2n) is 5.03. The molecule has 0 bridgehead atoms. The van der Waals surface area contributed by atoms with E-state index < -0.39 is 10.0 Å². The van der Waals surface area contributed by atoms with Gasteiger partial charge in [-0.1, -0.05) is 26.3 Å². The minimum Gasteiger partial charge on any atom is -0.495 e. The highest BCUT2D eigenvalue weighted by Crippen LogP contribution is 2.25. The molecule has 0 saturated heterocycles. The van der Waals surface area contributed by atoms with E-state index in [1.165, 1.54) is 7.11 Å². The number of sulfonamides is 1. The lowest BCUT2D eigenvalue weighted by molar-refractivity contribution is 0.401. The fourth-order valence-corrected chi connectivity index (χ4v) is 3.73. The van der Waals surface area contributed by atoms with Crippen molar-refractivity contribution in [3.05, 3.63) is 23.8 Å². The molecule has 0 aromatic heterocycles. The summed E-state index contributed by atoms with van der Waals surface area (Å²) in [5.74, 6) is 0.376. The third-order valence-corrected chi connectivity index (χ3v) is 4.91. The summed E-state index contributed by atoms with van der Waals surface area (Å²) in [6.45, 7) is 4.69. The zero-order valence-electron chi connectivity index (χ0n) is 13.3. The Morgan fingerprint density at radius 3 is 2.52 bits per heavy atom. The molecule has 0 spiro atoms. The third kappa shape index (κ3) is 4.98. The van der Waals surface area contributed by atoms with Crippen LogP contribution >= 0.6 is 0 Å². The fraction of sp³-hybridized carbons (Fsp3) is 0.600. The van der Waals surface area contributed by atoms with Crippen molar-refractivity contribution in [2.45, 2.75) is 50.6 Å². The highest BCUT2D eigenvalue weighted by molar-refractivity contribution is 7.89. The number of methoxy groups -OCH3 is 1. The molecule has 0 saturated carbocycles. The maximum atomic E-state index is 12.5. The van der Waals surface area contributed by atoms with Crippen LogP contribution < -0.4 is 14.8 Å². The van der Waals surface area contributed by atoms with E-state index in [2.05, 4.69) is 10.0 Å². The lowest BCUT2D eigenvalue weighted by Crippen LogP contribution is -2.34. The van der Waals surface area contributed by atoms with Gasteiger partial charge in [-0.2, -0.15) is 0 Å². The van der Waals surface area contributed by atoms with Crippen molar-refractivity contribution in [3.63, 3.8) is 0 Å². The predicted octanol–water partition coefficient (Wildman–Crippen LogP) is 2.27. The maximum Gasteiger partial charge on any atom is 0.244 e. The van der Waals surface area contributed by atoms with Gasteiger partial charge in [-0.05, 0) is 37.6 Å². The van der Waals surface area contributed by atoms with E-state index in [0.29, 0.717) is 12.3 Å². The number of hydrogen-bond acceptors (Lipinski definition) is 4. The molecular formula is C15H26N2O3S. The molecule has 21 heavy (non-hydrogen) atoms. The van der Waals surface area contributed by atoms with Crippen molar-refractivity contribution in [2.75, 3.05) is 14.2 Å². The van der Waals surface area contributed by atoms with Crippen molar-refractivity contribution >= 4 is 10.0 Å². The number of nitrogens with one attached hydrogen (secondary N) is 2. The van der Waals surface area contributed by atoms with E-state index >= 15 is 0 Å². The summed E-state index contributed by atoms with van der Waals surface area (Å²) in [5.41, 5.74) is 0.980. The van der Waals surface area contributed by atoms with Gasteiger partial charge in [0, 0.05) is 12.6 Å². The minimum atomic E-state index is -3.56. The summed E-state index contributed by atoms with van der Waals surface area (Å²) in [6.07, 6.45) is 2.54. The molecule has 2 N–H and O–H groups in total. The Morgan fingerprint density at radius 2 is 2.00 bits per heavy atom. The Kier molecular flexibility index (Phi) is 7.14. The maximum absolute atomic E-state index is 12.5. The first-order valence-electron chi connectivity index (χ1n) is 7.32. The Balaban J connectivity index is 3.06. The molecule has 120 valence electrons. The summed E-state index contributed by atoms with van der Waals surface area (Å²) in [6, 6.07) is 5.12. The van der Waals surface area contributed by atoms with Crippen LogP contribution in [0.2, 0.25) is 0 Å². The van der Waals surface area contributed by atoms with Gasteiger partial charge in [0.15, 0.2) is 0 Å². The topological polar surface area (TPSA) is 67.4 Å². The second-order valence-corrected chi connectivity index (χ2v) is 6.71. The highest BCUT2D eigenvalue weighted by Gasteiger charge is 2.22. The zero-order chi connectivity index (χ0) is 15.9. The smallest absolute Gasteiger partial charge is 0.244 e. The van der Waals surface area contributed by atoms with Crippen LogP contribution in [0.15, 0.2) is 23.1 Å². The molecule has 0 radical (unpaired) electrons. The molecule has 0 aliphatic heterocycles. The van der Waals surface area contributed by atoms with Crippen molar-refractivity contribution in [2.24, 2.45) is 0 Å². The van der Waals surface area contributed by atoms with Gasteiger partial charge >= 0.3 is 0 Å². The summed E-state index contributed by atoms with van der Waals surface area (Å²) in [7, 11) is -0.234. The van der Waals surface area contributed by atoms with E-state index in [-0.39, 0.29) is 10.9 Å². The molecule has 1 rings (SSSR count). The molecular weight excluding hydrogens is 288 g/mol. The lowest BCUT2D eigenvalue weighted by atomic mass is 10.1. The average Bonchev–Trinajstić information content (AvgIpc) is 2.46. The van der Waals surface area contributed by atoms with Gasteiger partial charge in [0.05, 0.1) is 7.11 Å². The Hall–Kier alpha value is -1.11. The van der Waals surface area contributed by atoms with Gasteiger partial charge < -0.3 is 10.1 Å². The first kappa shape index (κ1) is 17.9. The van der Waals surface area contributed by atoms with Gasteiger partial charge in [-0.3, -0.25) is 0 Å². The van der Waals surface area contributed by atoms with E-state index in [4.69, 9.17) is 4.74 Å². The number of rotatable bonds is 9. The monoisotopic (exact) mass is 314 g/mol. The summed E-state index contributed by atoms with van der Waals surface area (Å²) in [4.78, 5) is 0.194. The molecule has 0 fully saturated rings. The molecule has 0 aliphatic rings. The Morgan fingerprint density at radius 1 is 1.29 bits per heavy atom. The van der Waals surface area contributed by atoms with Crippen LogP contribution in [-0.2, 0) is 16.6 Å². The van der Waals surface area contributed by atoms with Gasteiger partial charge in [0.25, 0.3) is 0 Å². The van der Waals surface area contributed by atoms with Crippen LogP contribution in [0.1, 0.15) is 38.7 Å². The normalized spacial score (nSPS) is 13.1. The number of ether oxygens (including phenoxy) is 1. The van der Waals surface area contributed by atoms with Crippen molar-refractivity contribution < 1.29 is 13.2 Å². The highest BCUT2D eigenvalue weighted by atomic mass is 32.2. The molecule has 1 aromatic rings. The third-order valence-electron chi connectivity index (χ3n) is 3.35. The zero-order valence-corrected chi connectivity index (χ0v) is 14.1. The fourth-order valence-electron chi connectivity index (χ4n) is 2.23. The molecule has 1 unspecified atom stereocenters.